The zero-order valence-corrected chi connectivity index (χ0v) is 14.4. The van der Waals surface area contributed by atoms with Crippen molar-refractivity contribution in [3.8, 4) is 17.0 Å². The van der Waals surface area contributed by atoms with Crippen molar-refractivity contribution in [3.63, 3.8) is 0 Å². The molecule has 1 heterocycles. The van der Waals surface area contributed by atoms with E-state index in [0.717, 1.165) is 17.7 Å². The Morgan fingerprint density at radius 1 is 1.21 bits per heavy atom. The number of hydrogen-bond acceptors (Lipinski definition) is 4. The number of ether oxygens (including phenoxy) is 1. The monoisotopic (exact) mass is 338 g/mol. The van der Waals surface area contributed by atoms with Gasteiger partial charge in [0.2, 0.25) is 0 Å². The quantitative estimate of drug-likeness (QED) is 0.738. The first-order valence-electron chi connectivity index (χ1n) is 7.70. The van der Waals surface area contributed by atoms with E-state index in [2.05, 4.69) is 41.5 Å². The highest BCUT2D eigenvalue weighted by molar-refractivity contribution is 7.14. The summed E-state index contributed by atoms with van der Waals surface area (Å²) in [6.45, 7) is 2.13. The molecular formula is C19H18N2O2S. The van der Waals surface area contributed by atoms with Gasteiger partial charge in [-0.15, -0.1) is 11.3 Å². The number of nitrogens with zero attached hydrogens (tertiary/aromatic N) is 1. The van der Waals surface area contributed by atoms with Crippen LogP contribution in [0, 0.1) is 0 Å². The van der Waals surface area contributed by atoms with Crippen LogP contribution < -0.4 is 10.1 Å². The molecule has 3 aromatic rings. The standard InChI is InChI=1S/C19H18N2O2S/c1-3-13-7-9-14(10-8-13)17-12-24-19(20-17)21-18(22)15-5-4-6-16(11-15)23-2/h4-12H,3H2,1-2H3,(H,20,21,22). The summed E-state index contributed by atoms with van der Waals surface area (Å²) in [7, 11) is 1.58. The fourth-order valence-electron chi connectivity index (χ4n) is 2.31. The number of carbonyl (C=O) groups is 1. The highest BCUT2D eigenvalue weighted by atomic mass is 32.1. The molecular weight excluding hydrogens is 320 g/mol. The Labute approximate surface area is 145 Å². The summed E-state index contributed by atoms with van der Waals surface area (Å²) < 4.78 is 5.14. The second kappa shape index (κ2) is 7.27. The van der Waals surface area contributed by atoms with Gasteiger partial charge in [-0.05, 0) is 30.2 Å². The number of aryl methyl sites for hydroxylation is 1. The lowest BCUT2D eigenvalue weighted by atomic mass is 10.1. The largest absolute Gasteiger partial charge is 0.497 e. The van der Waals surface area contributed by atoms with Crippen molar-refractivity contribution in [2.24, 2.45) is 0 Å². The maximum Gasteiger partial charge on any atom is 0.257 e. The summed E-state index contributed by atoms with van der Waals surface area (Å²) in [5.74, 6) is 0.453. The van der Waals surface area contributed by atoms with Crippen molar-refractivity contribution in [3.05, 3.63) is 65.0 Å². The van der Waals surface area contributed by atoms with Gasteiger partial charge >= 0.3 is 0 Å². The van der Waals surface area contributed by atoms with Crippen LogP contribution in [0.15, 0.2) is 53.9 Å². The van der Waals surface area contributed by atoms with E-state index in [1.807, 2.05) is 5.38 Å². The number of anilines is 1. The summed E-state index contributed by atoms with van der Waals surface area (Å²) in [5, 5.41) is 5.36. The fourth-order valence-corrected chi connectivity index (χ4v) is 3.02. The van der Waals surface area contributed by atoms with E-state index < -0.39 is 0 Å². The number of rotatable bonds is 5. The van der Waals surface area contributed by atoms with Crippen LogP contribution in [0.25, 0.3) is 11.3 Å². The Kier molecular flexibility index (Phi) is 4.91. The lowest BCUT2D eigenvalue weighted by Crippen LogP contribution is -2.11. The van der Waals surface area contributed by atoms with Crippen LogP contribution in [0.2, 0.25) is 0 Å². The first-order chi connectivity index (χ1) is 11.7. The highest BCUT2D eigenvalue weighted by Gasteiger charge is 2.10. The Balaban J connectivity index is 1.74. The molecule has 0 radical (unpaired) electrons. The van der Waals surface area contributed by atoms with Crippen LogP contribution in [0.5, 0.6) is 5.75 Å². The zero-order valence-electron chi connectivity index (χ0n) is 13.6. The first-order valence-corrected chi connectivity index (χ1v) is 8.58. The van der Waals surface area contributed by atoms with Gasteiger partial charge in [0.15, 0.2) is 5.13 Å². The number of methoxy groups -OCH3 is 1. The highest BCUT2D eigenvalue weighted by Crippen LogP contribution is 2.26. The van der Waals surface area contributed by atoms with Crippen molar-refractivity contribution in [2.45, 2.75) is 13.3 Å². The zero-order chi connectivity index (χ0) is 16.9. The van der Waals surface area contributed by atoms with Crippen LogP contribution in [0.3, 0.4) is 0 Å². The molecule has 5 heteroatoms. The molecule has 0 atom stereocenters. The number of hydrogen-bond donors (Lipinski definition) is 1. The Bertz CT molecular complexity index is 841. The predicted molar refractivity (Wildman–Crippen MR) is 97.9 cm³/mol. The molecule has 0 saturated heterocycles. The number of amides is 1. The molecule has 2 aromatic carbocycles. The molecule has 0 unspecified atom stereocenters. The summed E-state index contributed by atoms with van der Waals surface area (Å²) in [4.78, 5) is 16.8. The molecule has 0 aliphatic rings. The van der Waals surface area contributed by atoms with Crippen molar-refractivity contribution < 1.29 is 9.53 Å². The van der Waals surface area contributed by atoms with Crippen LogP contribution in [-0.2, 0) is 6.42 Å². The maximum absolute atomic E-state index is 12.3. The molecule has 0 aliphatic heterocycles. The van der Waals surface area contributed by atoms with Gasteiger partial charge in [0.05, 0.1) is 12.8 Å². The second-order valence-electron chi connectivity index (χ2n) is 5.27. The van der Waals surface area contributed by atoms with Gasteiger partial charge < -0.3 is 4.74 Å². The molecule has 1 N–H and O–H groups in total. The summed E-state index contributed by atoms with van der Waals surface area (Å²) in [6.07, 6.45) is 1.01. The van der Waals surface area contributed by atoms with Gasteiger partial charge in [0, 0.05) is 16.5 Å². The average Bonchev–Trinajstić information content (AvgIpc) is 3.10. The normalized spacial score (nSPS) is 10.4. The Morgan fingerprint density at radius 3 is 2.71 bits per heavy atom. The molecule has 122 valence electrons. The van der Waals surface area contributed by atoms with Gasteiger partial charge in [-0.25, -0.2) is 4.98 Å². The van der Waals surface area contributed by atoms with E-state index in [1.165, 1.54) is 16.9 Å². The molecule has 1 amide bonds. The lowest BCUT2D eigenvalue weighted by molar-refractivity contribution is 0.102. The third kappa shape index (κ3) is 3.63. The molecule has 1 aromatic heterocycles. The Hall–Kier alpha value is -2.66. The third-order valence-corrected chi connectivity index (χ3v) is 4.47. The van der Waals surface area contributed by atoms with E-state index in [1.54, 1.807) is 31.4 Å². The Morgan fingerprint density at radius 2 is 2.00 bits per heavy atom. The van der Waals surface area contributed by atoms with Gasteiger partial charge in [0.25, 0.3) is 5.91 Å². The molecule has 3 rings (SSSR count). The molecule has 24 heavy (non-hydrogen) atoms. The van der Waals surface area contributed by atoms with Gasteiger partial charge in [-0.3, -0.25) is 10.1 Å². The molecule has 0 fully saturated rings. The number of aromatic nitrogens is 1. The molecule has 0 bridgehead atoms. The number of benzene rings is 2. The van der Waals surface area contributed by atoms with Gasteiger partial charge in [0.1, 0.15) is 5.75 Å². The minimum absolute atomic E-state index is 0.198. The van der Waals surface area contributed by atoms with Crippen LogP contribution in [0.4, 0.5) is 5.13 Å². The molecule has 0 saturated carbocycles. The summed E-state index contributed by atoms with van der Waals surface area (Å²) in [5.41, 5.74) is 3.74. The second-order valence-corrected chi connectivity index (χ2v) is 6.13. The number of carbonyl (C=O) groups excluding carboxylic acids is 1. The smallest absolute Gasteiger partial charge is 0.257 e. The number of nitrogens with one attached hydrogen (secondary N) is 1. The van der Waals surface area contributed by atoms with Crippen molar-refractivity contribution in [1.29, 1.82) is 0 Å². The van der Waals surface area contributed by atoms with E-state index in [9.17, 15) is 4.79 Å². The fraction of sp³-hybridized carbons (Fsp3) is 0.158. The van der Waals surface area contributed by atoms with E-state index in [0.29, 0.717) is 16.4 Å². The van der Waals surface area contributed by atoms with Crippen molar-refractivity contribution >= 4 is 22.4 Å². The average molecular weight is 338 g/mol. The minimum Gasteiger partial charge on any atom is -0.497 e. The predicted octanol–water partition coefficient (Wildman–Crippen LogP) is 4.63. The van der Waals surface area contributed by atoms with E-state index in [-0.39, 0.29) is 5.91 Å². The van der Waals surface area contributed by atoms with Gasteiger partial charge in [-0.1, -0.05) is 37.3 Å². The lowest BCUT2D eigenvalue weighted by Gasteiger charge is -2.04. The van der Waals surface area contributed by atoms with Crippen LogP contribution in [-0.4, -0.2) is 18.0 Å². The van der Waals surface area contributed by atoms with Crippen molar-refractivity contribution in [1.82, 2.24) is 4.98 Å². The topological polar surface area (TPSA) is 51.2 Å². The maximum atomic E-state index is 12.3. The summed E-state index contributed by atoms with van der Waals surface area (Å²) in [6, 6.07) is 15.4. The van der Waals surface area contributed by atoms with Crippen LogP contribution >= 0.6 is 11.3 Å². The summed E-state index contributed by atoms with van der Waals surface area (Å²) >= 11 is 1.41. The molecule has 4 nitrogen and oxygen atoms in total. The van der Waals surface area contributed by atoms with Crippen LogP contribution in [0.1, 0.15) is 22.8 Å². The SMILES string of the molecule is CCc1ccc(-c2csc(NC(=O)c3cccc(OC)c3)n2)cc1. The van der Waals surface area contributed by atoms with Gasteiger partial charge in [-0.2, -0.15) is 0 Å². The minimum atomic E-state index is -0.198. The van der Waals surface area contributed by atoms with E-state index >= 15 is 0 Å². The first kappa shape index (κ1) is 16.2. The molecule has 0 aliphatic carbocycles. The van der Waals surface area contributed by atoms with Crippen molar-refractivity contribution in [2.75, 3.05) is 12.4 Å². The number of thiazole rings is 1. The van der Waals surface area contributed by atoms with E-state index in [4.69, 9.17) is 4.74 Å². The third-order valence-electron chi connectivity index (χ3n) is 3.71. The molecule has 0 spiro atoms.